The number of hydrogen-bond donors (Lipinski definition) is 3. The molecule has 0 bridgehead atoms. The van der Waals surface area contributed by atoms with Crippen LogP contribution in [0, 0.1) is 17.8 Å². The first-order valence-electron chi connectivity index (χ1n) is 6.64. The number of aliphatic hydroxyl groups excluding tert-OH is 1. The molecule has 0 radical (unpaired) electrons. The van der Waals surface area contributed by atoms with Crippen molar-refractivity contribution in [1.82, 2.24) is 10.6 Å². The van der Waals surface area contributed by atoms with Crippen molar-refractivity contribution in [1.29, 1.82) is 0 Å². The molecule has 1 aliphatic rings. The highest BCUT2D eigenvalue weighted by Gasteiger charge is 2.38. The number of carbonyl (C=O) groups is 2. The first kappa shape index (κ1) is 15.0. The zero-order valence-corrected chi connectivity index (χ0v) is 11.4. The largest absolute Gasteiger partial charge is 0.391 e. The summed E-state index contributed by atoms with van der Waals surface area (Å²) < 4.78 is 0. The van der Waals surface area contributed by atoms with Gasteiger partial charge in [-0.25, -0.2) is 0 Å². The third kappa shape index (κ3) is 5.04. The molecular weight excluding hydrogens is 232 g/mol. The van der Waals surface area contributed by atoms with Crippen molar-refractivity contribution in [3.63, 3.8) is 0 Å². The molecule has 104 valence electrons. The van der Waals surface area contributed by atoms with Gasteiger partial charge in [0.15, 0.2) is 0 Å². The number of aliphatic hydroxyl groups is 1. The molecule has 0 aliphatic heterocycles. The van der Waals surface area contributed by atoms with Gasteiger partial charge >= 0.3 is 0 Å². The molecule has 3 unspecified atom stereocenters. The van der Waals surface area contributed by atoms with E-state index in [2.05, 4.69) is 10.6 Å². The van der Waals surface area contributed by atoms with Crippen LogP contribution in [0.5, 0.6) is 0 Å². The molecule has 3 atom stereocenters. The van der Waals surface area contributed by atoms with Crippen molar-refractivity contribution >= 4 is 11.8 Å². The van der Waals surface area contributed by atoms with Crippen molar-refractivity contribution in [2.45, 2.75) is 39.7 Å². The first-order valence-corrected chi connectivity index (χ1v) is 6.64. The predicted octanol–water partition coefficient (Wildman–Crippen LogP) is 0.282. The summed E-state index contributed by atoms with van der Waals surface area (Å²) in [6.45, 7) is 6.47. The summed E-state index contributed by atoms with van der Waals surface area (Å²) in [5.41, 5.74) is 0. The molecule has 5 nitrogen and oxygen atoms in total. The van der Waals surface area contributed by atoms with Crippen LogP contribution in [-0.4, -0.2) is 36.1 Å². The maximum Gasteiger partial charge on any atom is 0.223 e. The van der Waals surface area contributed by atoms with Gasteiger partial charge in [0.05, 0.1) is 6.10 Å². The maximum absolute atomic E-state index is 11.5. The van der Waals surface area contributed by atoms with Gasteiger partial charge in [0.2, 0.25) is 11.8 Å². The Kier molecular flexibility index (Phi) is 5.59. The van der Waals surface area contributed by atoms with E-state index in [9.17, 15) is 14.7 Å². The number of rotatable bonds is 7. The molecule has 3 N–H and O–H groups in total. The Bertz CT molecular complexity index is 305. The van der Waals surface area contributed by atoms with E-state index in [4.69, 9.17) is 0 Å². The summed E-state index contributed by atoms with van der Waals surface area (Å²) in [5, 5.41) is 14.9. The van der Waals surface area contributed by atoms with Crippen LogP contribution in [0.25, 0.3) is 0 Å². The minimum Gasteiger partial charge on any atom is -0.391 e. The third-order valence-corrected chi connectivity index (χ3v) is 3.38. The lowest BCUT2D eigenvalue weighted by atomic mass is 10.1. The van der Waals surface area contributed by atoms with Crippen molar-refractivity contribution < 1.29 is 14.7 Å². The highest BCUT2D eigenvalue weighted by Crippen LogP contribution is 2.37. The highest BCUT2D eigenvalue weighted by atomic mass is 16.3. The molecule has 0 spiro atoms. The highest BCUT2D eigenvalue weighted by molar-refractivity contribution is 5.82. The molecule has 0 aromatic heterocycles. The van der Waals surface area contributed by atoms with Gasteiger partial charge in [0.1, 0.15) is 0 Å². The summed E-state index contributed by atoms with van der Waals surface area (Å²) in [4.78, 5) is 22.9. The lowest BCUT2D eigenvalue weighted by Gasteiger charge is -2.15. The summed E-state index contributed by atoms with van der Waals surface area (Å²) in [5.74, 6) is 0.675. The summed E-state index contributed by atoms with van der Waals surface area (Å²) in [6, 6.07) is 0. The molecule has 5 heteroatoms. The topological polar surface area (TPSA) is 78.4 Å². The maximum atomic E-state index is 11.5. The molecule has 0 aromatic rings. The SMILES string of the molecule is CC(C)C(O)CNC(=O)CCNC(=O)C1CC1C. The summed E-state index contributed by atoms with van der Waals surface area (Å²) >= 11 is 0. The average Bonchev–Trinajstić information content (AvgIpc) is 3.03. The van der Waals surface area contributed by atoms with E-state index in [-0.39, 0.29) is 36.6 Å². The predicted molar refractivity (Wildman–Crippen MR) is 68.8 cm³/mol. The van der Waals surface area contributed by atoms with Gasteiger partial charge in [-0.15, -0.1) is 0 Å². The second-order valence-electron chi connectivity index (χ2n) is 5.48. The molecule has 1 aliphatic carbocycles. The standard InChI is InChI=1S/C13H24N2O3/c1-8(2)11(16)7-15-12(17)4-5-14-13(18)10-6-9(10)3/h8-11,16H,4-7H2,1-3H3,(H,14,18)(H,15,17). The smallest absolute Gasteiger partial charge is 0.223 e. The van der Waals surface area contributed by atoms with Crippen molar-refractivity contribution in [2.75, 3.05) is 13.1 Å². The van der Waals surface area contributed by atoms with Crippen LogP contribution in [0.1, 0.15) is 33.6 Å². The van der Waals surface area contributed by atoms with Gasteiger partial charge in [-0.2, -0.15) is 0 Å². The minimum absolute atomic E-state index is 0.0533. The molecule has 0 heterocycles. The van der Waals surface area contributed by atoms with Crippen molar-refractivity contribution in [3.8, 4) is 0 Å². The zero-order chi connectivity index (χ0) is 13.7. The average molecular weight is 256 g/mol. The fourth-order valence-electron chi connectivity index (χ4n) is 1.66. The molecular formula is C13H24N2O3. The summed E-state index contributed by atoms with van der Waals surface area (Å²) in [7, 11) is 0. The number of amides is 2. The van der Waals surface area contributed by atoms with E-state index >= 15 is 0 Å². The lowest BCUT2D eigenvalue weighted by molar-refractivity contribution is -0.123. The van der Waals surface area contributed by atoms with Crippen molar-refractivity contribution in [2.24, 2.45) is 17.8 Å². The van der Waals surface area contributed by atoms with Gasteiger partial charge in [-0.3, -0.25) is 9.59 Å². The second kappa shape index (κ2) is 6.73. The van der Waals surface area contributed by atoms with Crippen molar-refractivity contribution in [3.05, 3.63) is 0 Å². The van der Waals surface area contributed by atoms with Crippen LogP contribution in [0.4, 0.5) is 0 Å². The second-order valence-corrected chi connectivity index (χ2v) is 5.48. The monoisotopic (exact) mass is 256 g/mol. The number of carbonyl (C=O) groups excluding carboxylic acids is 2. The van der Waals surface area contributed by atoms with Gasteiger partial charge < -0.3 is 15.7 Å². The zero-order valence-electron chi connectivity index (χ0n) is 11.4. The van der Waals surface area contributed by atoms with E-state index in [1.165, 1.54) is 0 Å². The van der Waals surface area contributed by atoms with Crippen LogP contribution < -0.4 is 10.6 Å². The van der Waals surface area contributed by atoms with E-state index in [0.29, 0.717) is 12.5 Å². The van der Waals surface area contributed by atoms with Gasteiger partial charge in [0, 0.05) is 25.4 Å². The normalized spacial score (nSPS) is 23.6. The van der Waals surface area contributed by atoms with E-state index in [1.54, 1.807) is 0 Å². The van der Waals surface area contributed by atoms with Crippen LogP contribution in [0.2, 0.25) is 0 Å². The Labute approximate surface area is 108 Å². The molecule has 18 heavy (non-hydrogen) atoms. The molecule has 1 saturated carbocycles. The summed E-state index contributed by atoms with van der Waals surface area (Å²) in [6.07, 6.45) is 0.701. The molecule has 0 aromatic carbocycles. The molecule has 1 rings (SSSR count). The first-order chi connectivity index (χ1) is 8.41. The fourth-order valence-corrected chi connectivity index (χ4v) is 1.66. The number of hydrogen-bond acceptors (Lipinski definition) is 3. The fraction of sp³-hybridized carbons (Fsp3) is 0.846. The van der Waals surface area contributed by atoms with Crippen LogP contribution in [0.3, 0.4) is 0 Å². The van der Waals surface area contributed by atoms with E-state index in [0.717, 1.165) is 6.42 Å². The third-order valence-electron chi connectivity index (χ3n) is 3.38. The van der Waals surface area contributed by atoms with E-state index < -0.39 is 6.10 Å². The molecule has 2 amide bonds. The van der Waals surface area contributed by atoms with E-state index in [1.807, 2.05) is 20.8 Å². The molecule has 1 fully saturated rings. The number of nitrogens with one attached hydrogen (secondary N) is 2. The van der Waals surface area contributed by atoms with Crippen LogP contribution in [-0.2, 0) is 9.59 Å². The Hall–Kier alpha value is -1.10. The Morgan fingerprint density at radius 3 is 2.44 bits per heavy atom. The van der Waals surface area contributed by atoms with Gasteiger partial charge in [-0.05, 0) is 18.3 Å². The Morgan fingerprint density at radius 2 is 1.94 bits per heavy atom. The van der Waals surface area contributed by atoms with Gasteiger partial charge in [0.25, 0.3) is 0 Å². The van der Waals surface area contributed by atoms with Crippen LogP contribution >= 0.6 is 0 Å². The Balaban J connectivity index is 2.05. The molecule has 0 saturated heterocycles. The minimum atomic E-state index is -0.518. The lowest BCUT2D eigenvalue weighted by Crippen LogP contribution is -2.37. The van der Waals surface area contributed by atoms with Crippen LogP contribution in [0.15, 0.2) is 0 Å². The quantitative estimate of drug-likeness (QED) is 0.612. The van der Waals surface area contributed by atoms with Gasteiger partial charge in [-0.1, -0.05) is 20.8 Å². The Morgan fingerprint density at radius 1 is 1.33 bits per heavy atom.